The lowest BCUT2D eigenvalue weighted by atomic mass is 9.89. The highest BCUT2D eigenvalue weighted by Crippen LogP contribution is 2.28. The number of carbonyl (C=O) groups excluding carboxylic acids is 2. The lowest BCUT2D eigenvalue weighted by molar-refractivity contribution is -0.139. The molecule has 0 bridgehead atoms. The molecule has 27 heavy (non-hydrogen) atoms. The first-order valence-corrected chi connectivity index (χ1v) is 9.43. The molecule has 0 saturated carbocycles. The summed E-state index contributed by atoms with van der Waals surface area (Å²) in [7, 11) is 0. The molecule has 0 saturated heterocycles. The first-order chi connectivity index (χ1) is 13.0. The SMILES string of the molecule is CCN(CCCNC(=O)C1(C)Cc2ccccc2C(=O)O1)c1ccccc1. The maximum Gasteiger partial charge on any atom is 0.339 e. The molecule has 5 nitrogen and oxygen atoms in total. The van der Waals surface area contributed by atoms with Crippen LogP contribution in [0.3, 0.4) is 0 Å². The van der Waals surface area contributed by atoms with Crippen LogP contribution in [-0.2, 0) is 16.0 Å². The third-order valence-electron chi connectivity index (χ3n) is 4.96. The van der Waals surface area contributed by atoms with E-state index in [1.165, 1.54) is 5.69 Å². The van der Waals surface area contributed by atoms with Crippen LogP contribution >= 0.6 is 0 Å². The van der Waals surface area contributed by atoms with Gasteiger partial charge < -0.3 is 15.0 Å². The number of nitrogens with one attached hydrogen (secondary N) is 1. The topological polar surface area (TPSA) is 58.6 Å². The molecule has 142 valence electrons. The molecular weight excluding hydrogens is 340 g/mol. The molecule has 0 fully saturated rings. The quantitative estimate of drug-likeness (QED) is 0.604. The first kappa shape index (κ1) is 19.0. The van der Waals surface area contributed by atoms with Crippen molar-refractivity contribution in [2.75, 3.05) is 24.5 Å². The maximum absolute atomic E-state index is 12.7. The maximum atomic E-state index is 12.7. The number of esters is 1. The number of amides is 1. The number of ether oxygens (including phenoxy) is 1. The first-order valence-electron chi connectivity index (χ1n) is 9.43. The summed E-state index contributed by atoms with van der Waals surface area (Å²) in [5, 5.41) is 2.93. The van der Waals surface area contributed by atoms with E-state index in [2.05, 4.69) is 29.3 Å². The van der Waals surface area contributed by atoms with E-state index < -0.39 is 11.6 Å². The van der Waals surface area contributed by atoms with Crippen molar-refractivity contribution < 1.29 is 14.3 Å². The molecule has 1 N–H and O–H groups in total. The summed E-state index contributed by atoms with van der Waals surface area (Å²) in [6.45, 7) is 6.09. The van der Waals surface area contributed by atoms with Gasteiger partial charge in [0.25, 0.3) is 5.91 Å². The molecule has 1 atom stereocenters. The fraction of sp³-hybridized carbons (Fsp3) is 0.364. The Balaban J connectivity index is 1.53. The van der Waals surface area contributed by atoms with Crippen molar-refractivity contribution in [2.45, 2.75) is 32.3 Å². The van der Waals surface area contributed by atoms with Gasteiger partial charge in [-0.05, 0) is 44.0 Å². The van der Waals surface area contributed by atoms with Crippen molar-refractivity contribution >= 4 is 17.6 Å². The number of nitrogens with zero attached hydrogens (tertiary/aromatic N) is 1. The van der Waals surface area contributed by atoms with Gasteiger partial charge in [0.1, 0.15) is 0 Å². The van der Waals surface area contributed by atoms with Gasteiger partial charge in [-0.2, -0.15) is 0 Å². The standard InChI is InChI=1S/C22H26N2O3/c1-3-24(18-11-5-4-6-12-18)15-9-14-23-21(26)22(2)16-17-10-7-8-13-19(17)20(25)27-22/h4-8,10-13H,3,9,14-16H2,1-2H3,(H,23,26). The second-order valence-electron chi connectivity index (χ2n) is 6.98. The van der Waals surface area contributed by atoms with Crippen LogP contribution in [0.2, 0.25) is 0 Å². The fourth-order valence-corrected chi connectivity index (χ4v) is 3.43. The van der Waals surface area contributed by atoms with Crippen molar-refractivity contribution in [3.63, 3.8) is 0 Å². The van der Waals surface area contributed by atoms with Crippen LogP contribution in [0.15, 0.2) is 54.6 Å². The van der Waals surface area contributed by atoms with Crippen molar-refractivity contribution in [3.8, 4) is 0 Å². The van der Waals surface area contributed by atoms with Gasteiger partial charge in [-0.1, -0.05) is 36.4 Å². The van der Waals surface area contributed by atoms with Gasteiger partial charge in [0.2, 0.25) is 0 Å². The molecule has 0 aliphatic carbocycles. The second-order valence-corrected chi connectivity index (χ2v) is 6.98. The second kappa shape index (κ2) is 8.25. The van der Waals surface area contributed by atoms with Crippen molar-refractivity contribution in [1.29, 1.82) is 0 Å². The Labute approximate surface area is 160 Å². The zero-order valence-corrected chi connectivity index (χ0v) is 15.9. The molecule has 0 spiro atoms. The fourth-order valence-electron chi connectivity index (χ4n) is 3.43. The third-order valence-corrected chi connectivity index (χ3v) is 4.96. The van der Waals surface area contributed by atoms with Crippen LogP contribution < -0.4 is 10.2 Å². The minimum Gasteiger partial charge on any atom is -0.445 e. The minimum absolute atomic E-state index is 0.242. The van der Waals surface area contributed by atoms with Gasteiger partial charge in [0, 0.05) is 31.7 Å². The van der Waals surface area contributed by atoms with E-state index in [1.807, 2.05) is 30.3 Å². The largest absolute Gasteiger partial charge is 0.445 e. The molecule has 3 rings (SSSR count). The van der Waals surface area contributed by atoms with Gasteiger partial charge in [0.05, 0.1) is 5.56 Å². The summed E-state index contributed by atoms with van der Waals surface area (Å²) >= 11 is 0. The molecule has 1 aliphatic rings. The highest BCUT2D eigenvalue weighted by molar-refractivity contribution is 5.97. The van der Waals surface area contributed by atoms with Crippen molar-refractivity contribution in [1.82, 2.24) is 5.32 Å². The summed E-state index contributed by atoms with van der Waals surface area (Å²) in [5.41, 5.74) is 1.42. The Morgan fingerprint density at radius 1 is 1.15 bits per heavy atom. The summed E-state index contributed by atoms with van der Waals surface area (Å²) in [4.78, 5) is 27.1. The highest BCUT2D eigenvalue weighted by Gasteiger charge is 2.42. The minimum atomic E-state index is -1.16. The van der Waals surface area contributed by atoms with E-state index >= 15 is 0 Å². The van der Waals surface area contributed by atoms with E-state index in [0.717, 1.165) is 25.1 Å². The van der Waals surface area contributed by atoms with Crippen LogP contribution in [0.4, 0.5) is 5.69 Å². The number of carbonyl (C=O) groups is 2. The number of benzene rings is 2. The molecule has 0 radical (unpaired) electrons. The summed E-state index contributed by atoms with van der Waals surface area (Å²) in [5.74, 6) is -0.677. The monoisotopic (exact) mass is 366 g/mol. The lowest BCUT2D eigenvalue weighted by Crippen LogP contribution is -2.52. The number of hydrogen-bond acceptors (Lipinski definition) is 4. The van der Waals surface area contributed by atoms with Crippen LogP contribution in [0.25, 0.3) is 0 Å². The Morgan fingerprint density at radius 3 is 2.59 bits per heavy atom. The van der Waals surface area contributed by atoms with Crippen molar-refractivity contribution in [3.05, 3.63) is 65.7 Å². The zero-order chi connectivity index (χ0) is 19.3. The highest BCUT2D eigenvalue weighted by atomic mass is 16.6. The van der Waals surface area contributed by atoms with E-state index in [4.69, 9.17) is 4.74 Å². The van der Waals surface area contributed by atoms with E-state index in [9.17, 15) is 9.59 Å². The Morgan fingerprint density at radius 2 is 1.85 bits per heavy atom. The Kier molecular flexibility index (Phi) is 5.79. The lowest BCUT2D eigenvalue weighted by Gasteiger charge is -2.33. The number of fused-ring (bicyclic) bond motifs is 1. The number of rotatable bonds is 7. The number of para-hydroxylation sites is 1. The number of cyclic esters (lactones) is 1. The van der Waals surface area contributed by atoms with E-state index in [0.29, 0.717) is 18.5 Å². The van der Waals surface area contributed by atoms with Gasteiger partial charge >= 0.3 is 5.97 Å². The predicted octanol–water partition coefficient (Wildman–Crippen LogP) is 3.19. The number of anilines is 1. The Hall–Kier alpha value is -2.82. The van der Waals surface area contributed by atoms with Crippen LogP contribution in [0.1, 0.15) is 36.2 Å². The molecule has 2 aromatic rings. The van der Waals surface area contributed by atoms with Crippen LogP contribution in [0.5, 0.6) is 0 Å². The average Bonchev–Trinajstić information content (AvgIpc) is 2.68. The Bertz CT molecular complexity index is 806. The molecule has 1 heterocycles. The molecule has 1 amide bonds. The number of hydrogen-bond donors (Lipinski definition) is 1. The molecule has 5 heteroatoms. The summed E-state index contributed by atoms with van der Waals surface area (Å²) in [6.07, 6.45) is 1.21. The summed E-state index contributed by atoms with van der Waals surface area (Å²) in [6, 6.07) is 17.5. The van der Waals surface area contributed by atoms with Gasteiger partial charge in [-0.25, -0.2) is 4.79 Å². The summed E-state index contributed by atoms with van der Waals surface area (Å²) < 4.78 is 5.47. The van der Waals surface area contributed by atoms with E-state index in [-0.39, 0.29) is 5.91 Å². The van der Waals surface area contributed by atoms with Gasteiger partial charge in [0.15, 0.2) is 5.60 Å². The molecule has 1 aliphatic heterocycles. The molecular formula is C22H26N2O3. The molecule has 0 aromatic heterocycles. The van der Waals surface area contributed by atoms with Crippen molar-refractivity contribution in [2.24, 2.45) is 0 Å². The zero-order valence-electron chi connectivity index (χ0n) is 15.9. The van der Waals surface area contributed by atoms with Crippen LogP contribution in [-0.4, -0.2) is 37.1 Å². The van der Waals surface area contributed by atoms with Gasteiger partial charge in [-0.15, -0.1) is 0 Å². The van der Waals surface area contributed by atoms with Gasteiger partial charge in [-0.3, -0.25) is 4.79 Å². The normalized spacial score (nSPS) is 18.4. The smallest absolute Gasteiger partial charge is 0.339 e. The molecule has 2 aromatic carbocycles. The van der Waals surface area contributed by atoms with E-state index in [1.54, 1.807) is 19.1 Å². The van der Waals surface area contributed by atoms with Crippen LogP contribution in [0, 0.1) is 0 Å². The predicted molar refractivity (Wildman–Crippen MR) is 106 cm³/mol. The third kappa shape index (κ3) is 4.30. The molecule has 1 unspecified atom stereocenters. The average molecular weight is 366 g/mol.